The summed E-state index contributed by atoms with van der Waals surface area (Å²) in [6, 6.07) is 3.89. The van der Waals surface area contributed by atoms with Gasteiger partial charge in [-0.25, -0.2) is 0 Å². The molecule has 0 spiro atoms. The van der Waals surface area contributed by atoms with E-state index in [2.05, 4.69) is 16.4 Å². The van der Waals surface area contributed by atoms with Crippen LogP contribution < -0.4 is 0 Å². The molecule has 4 nitrogen and oxygen atoms in total. The number of aromatic nitrogens is 1. The van der Waals surface area contributed by atoms with E-state index in [1.54, 1.807) is 23.6 Å². The molecule has 3 rings (SSSR count). The number of nitrogens with one attached hydrogen (secondary N) is 1. The lowest BCUT2D eigenvalue weighted by Crippen LogP contribution is -2.30. The Balaban J connectivity index is 1.83. The summed E-state index contributed by atoms with van der Waals surface area (Å²) >= 11 is 1.65. The Labute approximate surface area is 121 Å². The number of Topliss-reactive ketones (excluding diaryl/α,β-unsaturated/α-hetero) is 1. The lowest BCUT2D eigenvalue weighted by atomic mass is 10.1. The lowest BCUT2D eigenvalue weighted by molar-refractivity contribution is 0.0730. The zero-order valence-electron chi connectivity index (χ0n) is 11.3. The molecule has 1 unspecified atom stereocenters. The van der Waals surface area contributed by atoms with Crippen molar-refractivity contribution in [2.45, 2.75) is 25.8 Å². The number of ketones is 1. The van der Waals surface area contributed by atoms with E-state index in [1.807, 2.05) is 10.3 Å². The number of aromatic amines is 1. The van der Waals surface area contributed by atoms with Crippen molar-refractivity contribution in [3.63, 3.8) is 0 Å². The van der Waals surface area contributed by atoms with E-state index < -0.39 is 0 Å². The summed E-state index contributed by atoms with van der Waals surface area (Å²) in [4.78, 5) is 28.7. The van der Waals surface area contributed by atoms with Crippen LogP contribution >= 0.6 is 11.3 Å². The Hall–Kier alpha value is -1.88. The van der Waals surface area contributed by atoms with Crippen molar-refractivity contribution in [2.24, 2.45) is 0 Å². The minimum Gasteiger partial charge on any atom is -0.356 e. The molecular formula is C15H16N2O2S. The van der Waals surface area contributed by atoms with Gasteiger partial charge in [0.1, 0.15) is 5.69 Å². The van der Waals surface area contributed by atoms with Crippen molar-refractivity contribution in [3.8, 4) is 0 Å². The zero-order chi connectivity index (χ0) is 14.1. The molecule has 1 atom stereocenters. The molecule has 0 radical (unpaired) electrons. The van der Waals surface area contributed by atoms with Gasteiger partial charge in [-0.1, -0.05) is 0 Å². The molecule has 1 aliphatic rings. The molecule has 20 heavy (non-hydrogen) atoms. The standard InChI is InChI=1S/C15H16N2O2S/c1-10(18)12-7-13(16-8-12)15(19)17-5-2-3-14(17)11-4-6-20-9-11/h4,6-9,14,16H,2-3,5H2,1H3. The van der Waals surface area contributed by atoms with Crippen LogP contribution in [0.15, 0.2) is 29.1 Å². The van der Waals surface area contributed by atoms with Crippen molar-refractivity contribution < 1.29 is 9.59 Å². The van der Waals surface area contributed by atoms with Gasteiger partial charge < -0.3 is 9.88 Å². The van der Waals surface area contributed by atoms with E-state index in [4.69, 9.17) is 0 Å². The Morgan fingerprint density at radius 2 is 2.30 bits per heavy atom. The van der Waals surface area contributed by atoms with Crippen molar-refractivity contribution >= 4 is 23.0 Å². The van der Waals surface area contributed by atoms with Gasteiger partial charge >= 0.3 is 0 Å². The SMILES string of the molecule is CC(=O)c1c[nH]c(C(=O)N2CCCC2c2ccsc2)c1. The maximum absolute atomic E-state index is 12.6. The number of hydrogen-bond donors (Lipinski definition) is 1. The van der Waals surface area contributed by atoms with Crippen LogP contribution in [0.1, 0.15) is 52.2 Å². The molecule has 2 aromatic rings. The van der Waals surface area contributed by atoms with Gasteiger partial charge in [0.15, 0.2) is 5.78 Å². The second kappa shape index (κ2) is 5.25. The van der Waals surface area contributed by atoms with Crippen LogP contribution in [0.5, 0.6) is 0 Å². The topological polar surface area (TPSA) is 53.2 Å². The number of amides is 1. The number of nitrogens with zero attached hydrogens (tertiary/aromatic N) is 1. The maximum Gasteiger partial charge on any atom is 0.270 e. The van der Waals surface area contributed by atoms with Gasteiger partial charge in [0, 0.05) is 18.3 Å². The summed E-state index contributed by atoms with van der Waals surface area (Å²) in [6.07, 6.45) is 3.63. The Kier molecular flexibility index (Phi) is 3.44. The third-order valence-electron chi connectivity index (χ3n) is 3.76. The highest BCUT2D eigenvalue weighted by atomic mass is 32.1. The fraction of sp³-hybridized carbons (Fsp3) is 0.333. The smallest absolute Gasteiger partial charge is 0.270 e. The third-order valence-corrected chi connectivity index (χ3v) is 4.46. The molecule has 5 heteroatoms. The highest BCUT2D eigenvalue weighted by Crippen LogP contribution is 2.34. The second-order valence-electron chi connectivity index (χ2n) is 5.07. The van der Waals surface area contributed by atoms with Gasteiger partial charge in [-0.15, -0.1) is 0 Å². The third kappa shape index (κ3) is 2.29. The Morgan fingerprint density at radius 3 is 2.95 bits per heavy atom. The molecule has 0 aromatic carbocycles. The highest BCUT2D eigenvalue weighted by Gasteiger charge is 2.31. The van der Waals surface area contributed by atoms with E-state index >= 15 is 0 Å². The van der Waals surface area contributed by atoms with Gasteiger partial charge in [0.2, 0.25) is 0 Å². The predicted molar refractivity (Wildman–Crippen MR) is 78.1 cm³/mol. The van der Waals surface area contributed by atoms with Crippen LogP contribution in [-0.2, 0) is 0 Å². The number of carbonyl (C=O) groups is 2. The van der Waals surface area contributed by atoms with Gasteiger partial charge in [-0.05, 0) is 48.2 Å². The molecular weight excluding hydrogens is 272 g/mol. The molecule has 1 amide bonds. The Morgan fingerprint density at radius 1 is 1.45 bits per heavy atom. The summed E-state index contributed by atoms with van der Waals surface area (Å²) in [7, 11) is 0. The van der Waals surface area contributed by atoms with Crippen LogP contribution in [0, 0.1) is 0 Å². The first kappa shape index (κ1) is 13.1. The maximum atomic E-state index is 12.6. The minimum atomic E-state index is -0.0314. The number of likely N-dealkylation sites (tertiary alicyclic amines) is 1. The fourth-order valence-electron chi connectivity index (χ4n) is 2.70. The van der Waals surface area contributed by atoms with E-state index in [0.717, 1.165) is 19.4 Å². The van der Waals surface area contributed by atoms with Crippen LogP contribution in [0.3, 0.4) is 0 Å². The largest absolute Gasteiger partial charge is 0.356 e. The number of thiophene rings is 1. The first-order valence-electron chi connectivity index (χ1n) is 6.69. The van der Waals surface area contributed by atoms with Crippen molar-refractivity contribution in [3.05, 3.63) is 45.9 Å². The van der Waals surface area contributed by atoms with E-state index in [1.165, 1.54) is 12.5 Å². The first-order chi connectivity index (χ1) is 9.66. The number of H-pyrrole nitrogens is 1. The fourth-order valence-corrected chi connectivity index (χ4v) is 3.40. The van der Waals surface area contributed by atoms with Gasteiger partial charge in [0.05, 0.1) is 6.04 Å². The highest BCUT2D eigenvalue weighted by molar-refractivity contribution is 7.07. The summed E-state index contributed by atoms with van der Waals surface area (Å²) in [5, 5.41) is 4.14. The summed E-state index contributed by atoms with van der Waals surface area (Å²) in [5.74, 6) is -0.0534. The van der Waals surface area contributed by atoms with Crippen molar-refractivity contribution in [1.82, 2.24) is 9.88 Å². The monoisotopic (exact) mass is 288 g/mol. The molecule has 0 bridgehead atoms. The molecule has 1 fully saturated rings. The summed E-state index contributed by atoms with van der Waals surface area (Å²) < 4.78 is 0. The molecule has 1 saturated heterocycles. The molecule has 1 aliphatic heterocycles. The van der Waals surface area contributed by atoms with E-state index in [0.29, 0.717) is 11.3 Å². The van der Waals surface area contributed by atoms with Gasteiger partial charge in [-0.2, -0.15) is 11.3 Å². The number of rotatable bonds is 3. The lowest BCUT2D eigenvalue weighted by Gasteiger charge is -2.23. The van der Waals surface area contributed by atoms with Gasteiger partial charge in [-0.3, -0.25) is 9.59 Å². The molecule has 0 saturated carbocycles. The second-order valence-corrected chi connectivity index (χ2v) is 5.85. The average molecular weight is 288 g/mol. The van der Waals surface area contributed by atoms with Crippen LogP contribution in [0.2, 0.25) is 0 Å². The van der Waals surface area contributed by atoms with Crippen LogP contribution in [0.25, 0.3) is 0 Å². The molecule has 2 aromatic heterocycles. The first-order valence-corrected chi connectivity index (χ1v) is 7.63. The van der Waals surface area contributed by atoms with E-state index in [-0.39, 0.29) is 17.7 Å². The number of hydrogen-bond acceptors (Lipinski definition) is 3. The molecule has 0 aliphatic carbocycles. The summed E-state index contributed by atoms with van der Waals surface area (Å²) in [6.45, 7) is 2.27. The predicted octanol–water partition coefficient (Wildman–Crippen LogP) is 3.26. The van der Waals surface area contributed by atoms with Crippen molar-refractivity contribution in [1.29, 1.82) is 0 Å². The normalized spacial score (nSPS) is 18.4. The molecule has 104 valence electrons. The average Bonchev–Trinajstić information content (AvgIpc) is 3.17. The molecule has 3 heterocycles. The Bertz CT molecular complexity index is 630. The minimum absolute atomic E-state index is 0.0220. The van der Waals surface area contributed by atoms with E-state index in [9.17, 15) is 9.59 Å². The van der Waals surface area contributed by atoms with Gasteiger partial charge in [0.25, 0.3) is 5.91 Å². The van der Waals surface area contributed by atoms with Crippen molar-refractivity contribution in [2.75, 3.05) is 6.54 Å². The summed E-state index contributed by atoms with van der Waals surface area (Å²) in [5.41, 5.74) is 2.26. The number of carbonyl (C=O) groups excluding carboxylic acids is 2. The quantitative estimate of drug-likeness (QED) is 0.881. The van der Waals surface area contributed by atoms with Crippen LogP contribution in [0.4, 0.5) is 0 Å². The molecule has 1 N–H and O–H groups in total. The van der Waals surface area contributed by atoms with Crippen LogP contribution in [-0.4, -0.2) is 28.1 Å². The zero-order valence-corrected chi connectivity index (χ0v) is 12.1.